The van der Waals surface area contributed by atoms with Crippen LogP contribution < -0.4 is 0 Å². The molecule has 1 N–H and O–H groups in total. The molecule has 4 nitrogen and oxygen atoms in total. The average Bonchev–Trinajstić information content (AvgIpc) is 2.52. The summed E-state index contributed by atoms with van der Waals surface area (Å²) in [5.41, 5.74) is 0.0125. The summed E-state index contributed by atoms with van der Waals surface area (Å²) < 4.78 is 5.46. The highest BCUT2D eigenvalue weighted by Crippen LogP contribution is 2.20. The van der Waals surface area contributed by atoms with Crippen LogP contribution in [-0.4, -0.2) is 22.9 Å². The van der Waals surface area contributed by atoms with Crippen molar-refractivity contribution in [1.82, 2.24) is 9.97 Å². The molecule has 0 bridgehead atoms. The van der Waals surface area contributed by atoms with E-state index < -0.39 is 5.60 Å². The van der Waals surface area contributed by atoms with Gasteiger partial charge in [-0.1, -0.05) is 0 Å². The quantitative estimate of drug-likeness (QED) is 0.718. The van der Waals surface area contributed by atoms with Gasteiger partial charge in [-0.3, -0.25) is 4.79 Å². The monoisotopic (exact) mass is 182 g/mol. The molecular formula is C9H14N2O2. The molecule has 0 aromatic carbocycles. The van der Waals surface area contributed by atoms with Crippen LogP contribution in [0.1, 0.15) is 37.1 Å². The van der Waals surface area contributed by atoms with Crippen molar-refractivity contribution in [3.63, 3.8) is 0 Å². The van der Waals surface area contributed by atoms with Crippen molar-refractivity contribution in [2.24, 2.45) is 0 Å². The zero-order valence-corrected chi connectivity index (χ0v) is 8.13. The summed E-state index contributed by atoms with van der Waals surface area (Å²) in [6, 6.07) is 0. The molecule has 72 valence electrons. The van der Waals surface area contributed by atoms with E-state index in [9.17, 15) is 4.79 Å². The molecule has 0 aliphatic rings. The Hall–Kier alpha value is -1.16. The van der Waals surface area contributed by atoms with Gasteiger partial charge in [0.05, 0.1) is 11.9 Å². The average molecular weight is 182 g/mol. The Bertz CT molecular complexity index is 292. The highest BCUT2D eigenvalue weighted by atomic mass is 16.5. The molecule has 1 rings (SSSR count). The molecule has 0 unspecified atom stereocenters. The standard InChI is InChI=1S/C9H14N2O2/c1-4-13-9(2,3)8-10-5-7(6-12)11-8/h5-6H,4H2,1-3H3,(H,10,11). The zero-order chi connectivity index (χ0) is 9.90. The van der Waals surface area contributed by atoms with Gasteiger partial charge in [0, 0.05) is 6.61 Å². The normalized spacial score (nSPS) is 11.6. The summed E-state index contributed by atoms with van der Waals surface area (Å²) in [6.45, 7) is 6.35. The maximum absolute atomic E-state index is 10.4. The summed E-state index contributed by atoms with van der Waals surface area (Å²) in [5.74, 6) is 0.677. The molecule has 0 atom stereocenters. The van der Waals surface area contributed by atoms with Crippen molar-refractivity contribution in [3.8, 4) is 0 Å². The molecule has 0 aliphatic carbocycles. The summed E-state index contributed by atoms with van der Waals surface area (Å²) >= 11 is 0. The number of imidazole rings is 1. The van der Waals surface area contributed by atoms with Crippen LogP contribution in [0.4, 0.5) is 0 Å². The molecule has 0 saturated heterocycles. The van der Waals surface area contributed by atoms with Gasteiger partial charge >= 0.3 is 0 Å². The molecule has 0 saturated carbocycles. The lowest BCUT2D eigenvalue weighted by atomic mass is 10.1. The molecule has 1 heterocycles. The number of carbonyl (C=O) groups is 1. The third-order valence-corrected chi connectivity index (χ3v) is 1.80. The smallest absolute Gasteiger partial charge is 0.167 e. The van der Waals surface area contributed by atoms with E-state index in [4.69, 9.17) is 4.74 Å². The van der Waals surface area contributed by atoms with Crippen LogP contribution in [0.15, 0.2) is 6.20 Å². The molecule has 0 fully saturated rings. The van der Waals surface area contributed by atoms with Gasteiger partial charge in [0.2, 0.25) is 0 Å². The zero-order valence-electron chi connectivity index (χ0n) is 8.13. The topological polar surface area (TPSA) is 55.0 Å². The van der Waals surface area contributed by atoms with E-state index in [0.717, 1.165) is 6.29 Å². The summed E-state index contributed by atoms with van der Waals surface area (Å²) in [7, 11) is 0. The maximum atomic E-state index is 10.4. The number of hydrogen-bond acceptors (Lipinski definition) is 3. The third-order valence-electron chi connectivity index (χ3n) is 1.80. The lowest BCUT2D eigenvalue weighted by Crippen LogP contribution is -2.23. The van der Waals surface area contributed by atoms with Gasteiger partial charge in [-0.15, -0.1) is 0 Å². The predicted octanol–water partition coefficient (Wildman–Crippen LogP) is 1.49. The summed E-state index contributed by atoms with van der Waals surface area (Å²) in [5, 5.41) is 0. The Balaban J connectivity index is 2.86. The van der Waals surface area contributed by atoms with Gasteiger partial charge in [-0.25, -0.2) is 4.98 Å². The van der Waals surface area contributed by atoms with E-state index in [1.54, 1.807) is 0 Å². The van der Waals surface area contributed by atoms with Crippen LogP contribution in [0.2, 0.25) is 0 Å². The Labute approximate surface area is 77.3 Å². The molecule has 1 aromatic heterocycles. The highest BCUT2D eigenvalue weighted by Gasteiger charge is 2.23. The first-order chi connectivity index (χ1) is 6.10. The number of rotatable bonds is 4. The second-order valence-electron chi connectivity index (χ2n) is 3.25. The van der Waals surface area contributed by atoms with Crippen LogP contribution in [0.5, 0.6) is 0 Å². The van der Waals surface area contributed by atoms with Crippen molar-refractivity contribution in [2.45, 2.75) is 26.4 Å². The Morgan fingerprint density at radius 3 is 2.85 bits per heavy atom. The number of aromatic nitrogens is 2. The number of nitrogens with zero attached hydrogens (tertiary/aromatic N) is 1. The van der Waals surface area contributed by atoms with E-state index in [1.807, 2.05) is 20.8 Å². The number of ether oxygens (including phenoxy) is 1. The molecule has 0 spiro atoms. The fraction of sp³-hybridized carbons (Fsp3) is 0.556. The van der Waals surface area contributed by atoms with Crippen LogP contribution in [0.3, 0.4) is 0 Å². The van der Waals surface area contributed by atoms with Crippen LogP contribution in [-0.2, 0) is 10.3 Å². The fourth-order valence-corrected chi connectivity index (χ4v) is 1.13. The number of aldehydes is 1. The molecule has 0 amide bonds. The van der Waals surface area contributed by atoms with E-state index >= 15 is 0 Å². The minimum Gasteiger partial charge on any atom is -0.368 e. The van der Waals surface area contributed by atoms with Crippen molar-refractivity contribution in [1.29, 1.82) is 0 Å². The van der Waals surface area contributed by atoms with E-state index in [0.29, 0.717) is 18.1 Å². The van der Waals surface area contributed by atoms with Crippen molar-refractivity contribution >= 4 is 6.29 Å². The number of carbonyl (C=O) groups excluding carboxylic acids is 1. The lowest BCUT2D eigenvalue weighted by Gasteiger charge is -2.21. The molecule has 13 heavy (non-hydrogen) atoms. The summed E-state index contributed by atoms with van der Waals surface area (Å²) in [4.78, 5) is 17.3. The second kappa shape index (κ2) is 3.70. The van der Waals surface area contributed by atoms with Crippen LogP contribution >= 0.6 is 0 Å². The van der Waals surface area contributed by atoms with E-state index in [-0.39, 0.29) is 0 Å². The first-order valence-electron chi connectivity index (χ1n) is 4.24. The molecule has 0 aliphatic heterocycles. The first-order valence-corrected chi connectivity index (χ1v) is 4.24. The summed E-state index contributed by atoms with van der Waals surface area (Å²) in [6.07, 6.45) is 2.24. The number of H-pyrrole nitrogens is 1. The van der Waals surface area contributed by atoms with Crippen molar-refractivity contribution in [3.05, 3.63) is 17.7 Å². The Kier molecular flexibility index (Phi) is 2.83. The Morgan fingerprint density at radius 1 is 1.69 bits per heavy atom. The van der Waals surface area contributed by atoms with Gasteiger partial charge in [0.15, 0.2) is 6.29 Å². The highest BCUT2D eigenvalue weighted by molar-refractivity contribution is 5.71. The predicted molar refractivity (Wildman–Crippen MR) is 48.6 cm³/mol. The van der Waals surface area contributed by atoms with E-state index in [1.165, 1.54) is 6.20 Å². The first kappa shape index (κ1) is 9.92. The SMILES string of the molecule is CCOC(C)(C)c1ncc(C=O)[nH]1. The maximum Gasteiger partial charge on any atom is 0.167 e. The van der Waals surface area contributed by atoms with Crippen LogP contribution in [0.25, 0.3) is 0 Å². The van der Waals surface area contributed by atoms with Gasteiger partial charge in [0.1, 0.15) is 11.4 Å². The Morgan fingerprint density at radius 2 is 2.38 bits per heavy atom. The van der Waals surface area contributed by atoms with E-state index in [2.05, 4.69) is 9.97 Å². The number of aromatic amines is 1. The molecule has 0 radical (unpaired) electrons. The third kappa shape index (κ3) is 2.15. The molecular weight excluding hydrogens is 168 g/mol. The fourth-order valence-electron chi connectivity index (χ4n) is 1.13. The minimum absolute atomic E-state index is 0.462. The van der Waals surface area contributed by atoms with Crippen molar-refractivity contribution in [2.75, 3.05) is 6.61 Å². The number of nitrogens with one attached hydrogen (secondary N) is 1. The molecule has 1 aromatic rings. The second-order valence-corrected chi connectivity index (χ2v) is 3.25. The van der Waals surface area contributed by atoms with Gasteiger partial charge in [-0.05, 0) is 20.8 Å². The van der Waals surface area contributed by atoms with Gasteiger partial charge in [-0.2, -0.15) is 0 Å². The molecule has 4 heteroatoms. The lowest BCUT2D eigenvalue weighted by molar-refractivity contribution is -0.0202. The van der Waals surface area contributed by atoms with Crippen LogP contribution in [0, 0.1) is 0 Å². The number of hydrogen-bond donors (Lipinski definition) is 1. The van der Waals surface area contributed by atoms with Gasteiger partial charge in [0.25, 0.3) is 0 Å². The van der Waals surface area contributed by atoms with Crippen molar-refractivity contribution < 1.29 is 9.53 Å². The largest absolute Gasteiger partial charge is 0.368 e. The minimum atomic E-state index is -0.462. The van der Waals surface area contributed by atoms with Gasteiger partial charge < -0.3 is 9.72 Å².